The van der Waals surface area contributed by atoms with Crippen molar-refractivity contribution in [1.82, 2.24) is 40.4 Å². The van der Waals surface area contributed by atoms with E-state index in [0.29, 0.717) is 24.4 Å². The van der Waals surface area contributed by atoms with Crippen molar-refractivity contribution in [2.45, 2.75) is 69.9 Å². The van der Waals surface area contributed by atoms with E-state index in [9.17, 15) is 19.5 Å². The fourth-order valence-corrected chi connectivity index (χ4v) is 8.95. The van der Waals surface area contributed by atoms with Crippen LogP contribution in [0.25, 0.3) is 44.4 Å². The van der Waals surface area contributed by atoms with Gasteiger partial charge in [0.2, 0.25) is 5.91 Å². The van der Waals surface area contributed by atoms with E-state index in [1.807, 2.05) is 54.2 Å². The van der Waals surface area contributed by atoms with Crippen LogP contribution in [0.15, 0.2) is 97.3 Å². The fourth-order valence-electron chi connectivity index (χ4n) is 8.95. The number of carbonyl (C=O) groups is 3. The van der Waals surface area contributed by atoms with Gasteiger partial charge in [-0.2, -0.15) is 0 Å². The molecule has 6 aromatic rings. The summed E-state index contributed by atoms with van der Waals surface area (Å²) in [5.41, 5.74) is 6.50. The number of aromatic amines is 2. The SMILES string of the molecule is COC(=O)NC(C(=O)N1CCCC1c1ncc(-c2ccc3cc(-c4ccc(-c5cnc(C6CCCN6C(O)C(NC(=O)OC)c6ccccc6OC)[nH]5)cc4)ccc3c2)[nH]1)C(C)C. The second-order valence-corrected chi connectivity index (χ2v) is 16.4. The number of nitrogens with zero attached hydrogens (tertiary/aromatic N) is 4. The monoisotopic (exact) mass is 854 g/mol. The first-order valence-corrected chi connectivity index (χ1v) is 21.4. The molecule has 3 amide bonds. The number of rotatable bonds is 13. The van der Waals surface area contributed by atoms with E-state index < -0.39 is 30.5 Å². The zero-order valence-corrected chi connectivity index (χ0v) is 36.1. The molecule has 2 aliphatic rings. The summed E-state index contributed by atoms with van der Waals surface area (Å²) in [5.74, 6) is 1.77. The Hall–Kier alpha value is -6.71. The van der Waals surface area contributed by atoms with Crippen molar-refractivity contribution in [3.63, 3.8) is 0 Å². The maximum absolute atomic E-state index is 13.6. The molecule has 4 aromatic carbocycles. The summed E-state index contributed by atoms with van der Waals surface area (Å²) >= 11 is 0. The molecular weight excluding hydrogens is 801 g/mol. The minimum Gasteiger partial charge on any atom is -0.496 e. The van der Waals surface area contributed by atoms with Crippen molar-refractivity contribution < 1.29 is 33.7 Å². The summed E-state index contributed by atoms with van der Waals surface area (Å²) in [7, 11) is 4.15. The number of aromatic nitrogens is 4. The topological polar surface area (TPSA) is 187 Å². The molecule has 5 atom stereocenters. The third-order valence-corrected chi connectivity index (χ3v) is 12.3. The Morgan fingerprint density at radius 2 is 1.29 bits per heavy atom. The van der Waals surface area contributed by atoms with Crippen LogP contribution in [-0.2, 0) is 14.3 Å². The first-order chi connectivity index (χ1) is 30.6. The van der Waals surface area contributed by atoms with E-state index in [4.69, 9.17) is 24.2 Å². The lowest BCUT2D eigenvalue weighted by Crippen LogP contribution is -2.51. The quantitative estimate of drug-likeness (QED) is 0.0765. The number of fused-ring (bicyclic) bond motifs is 1. The predicted octanol–water partition coefficient (Wildman–Crippen LogP) is 7.89. The van der Waals surface area contributed by atoms with Crippen LogP contribution < -0.4 is 15.4 Å². The number of alkyl carbamates (subject to hydrolysis) is 2. The van der Waals surface area contributed by atoms with Crippen LogP contribution in [0, 0.1) is 5.92 Å². The molecule has 0 bridgehead atoms. The Bertz CT molecular complexity index is 2570. The van der Waals surface area contributed by atoms with Gasteiger partial charge < -0.3 is 44.8 Å². The summed E-state index contributed by atoms with van der Waals surface area (Å²) < 4.78 is 15.3. The Morgan fingerprint density at radius 1 is 0.714 bits per heavy atom. The molecule has 0 radical (unpaired) electrons. The number of hydrogen-bond acceptors (Lipinski definition) is 10. The largest absolute Gasteiger partial charge is 0.496 e. The Morgan fingerprint density at radius 3 is 1.97 bits per heavy atom. The maximum atomic E-state index is 13.6. The average molecular weight is 855 g/mol. The number of aliphatic hydroxyl groups excluding tert-OH is 1. The summed E-state index contributed by atoms with van der Waals surface area (Å²) in [6.07, 6.45) is 4.54. The fraction of sp³-hybridized carbons (Fsp3) is 0.354. The highest BCUT2D eigenvalue weighted by atomic mass is 16.5. The second-order valence-electron chi connectivity index (χ2n) is 16.4. The van der Waals surface area contributed by atoms with Gasteiger partial charge in [0.05, 0.1) is 57.2 Å². The highest BCUT2D eigenvalue weighted by molar-refractivity contribution is 5.91. The summed E-state index contributed by atoms with van der Waals surface area (Å²) in [6.45, 7) is 5.02. The number of para-hydroxylation sites is 1. The Balaban J connectivity index is 0.946. The molecule has 2 fully saturated rings. The van der Waals surface area contributed by atoms with Crippen molar-refractivity contribution in [1.29, 1.82) is 0 Å². The third kappa shape index (κ3) is 8.97. The molecule has 5 N–H and O–H groups in total. The van der Waals surface area contributed by atoms with Gasteiger partial charge in [-0.1, -0.05) is 80.6 Å². The van der Waals surface area contributed by atoms with E-state index in [0.717, 1.165) is 81.7 Å². The Labute approximate surface area is 366 Å². The first kappa shape index (κ1) is 43.0. The lowest BCUT2D eigenvalue weighted by Gasteiger charge is -2.34. The van der Waals surface area contributed by atoms with Crippen LogP contribution in [0.2, 0.25) is 0 Å². The number of hydrogen-bond donors (Lipinski definition) is 5. The van der Waals surface area contributed by atoms with Crippen LogP contribution in [-0.4, -0.2) is 99.6 Å². The van der Waals surface area contributed by atoms with E-state index in [-0.39, 0.29) is 23.9 Å². The molecule has 0 aliphatic carbocycles. The molecule has 5 unspecified atom stereocenters. The van der Waals surface area contributed by atoms with Crippen molar-refractivity contribution in [3.8, 4) is 39.4 Å². The molecule has 15 heteroatoms. The molecule has 0 saturated carbocycles. The number of likely N-dealkylation sites (tertiary alicyclic amines) is 2. The number of ether oxygens (including phenoxy) is 3. The van der Waals surface area contributed by atoms with E-state index >= 15 is 0 Å². The number of methoxy groups -OCH3 is 3. The van der Waals surface area contributed by atoms with Gasteiger partial charge in [-0.25, -0.2) is 19.6 Å². The lowest BCUT2D eigenvalue weighted by atomic mass is 9.98. The van der Waals surface area contributed by atoms with Crippen LogP contribution in [0.3, 0.4) is 0 Å². The van der Waals surface area contributed by atoms with E-state index in [2.05, 4.69) is 81.3 Å². The Kier molecular flexibility index (Phi) is 12.8. The first-order valence-electron chi connectivity index (χ1n) is 21.4. The lowest BCUT2D eigenvalue weighted by molar-refractivity contribution is -0.135. The van der Waals surface area contributed by atoms with Gasteiger partial charge in [0, 0.05) is 24.2 Å². The highest BCUT2D eigenvalue weighted by Gasteiger charge is 2.40. The minimum absolute atomic E-state index is 0.109. The molecular formula is C48H54N8O7. The average Bonchev–Trinajstić information content (AvgIpc) is 4.16. The van der Waals surface area contributed by atoms with Gasteiger partial charge in [0.15, 0.2) is 0 Å². The number of aliphatic hydroxyl groups is 1. The van der Waals surface area contributed by atoms with Crippen molar-refractivity contribution >= 4 is 28.9 Å². The number of carbonyl (C=O) groups excluding carboxylic acids is 3. The smallest absolute Gasteiger partial charge is 0.407 e. The van der Waals surface area contributed by atoms with Crippen LogP contribution in [0.5, 0.6) is 5.75 Å². The normalized spacial score (nSPS) is 18.0. The minimum atomic E-state index is -1.08. The van der Waals surface area contributed by atoms with Gasteiger partial charge in [-0.3, -0.25) is 9.69 Å². The molecule has 2 saturated heterocycles. The van der Waals surface area contributed by atoms with Gasteiger partial charge in [-0.15, -0.1) is 0 Å². The van der Waals surface area contributed by atoms with Crippen molar-refractivity contribution in [2.75, 3.05) is 34.4 Å². The van der Waals surface area contributed by atoms with Crippen LogP contribution in [0.4, 0.5) is 9.59 Å². The molecule has 2 aliphatic heterocycles. The van der Waals surface area contributed by atoms with Gasteiger partial charge in [-0.05, 0) is 77.3 Å². The summed E-state index contributed by atoms with van der Waals surface area (Å²) in [5, 5.41) is 19.5. The molecule has 63 heavy (non-hydrogen) atoms. The number of imidazole rings is 2. The van der Waals surface area contributed by atoms with Gasteiger partial charge in [0.25, 0.3) is 0 Å². The van der Waals surface area contributed by atoms with Crippen molar-refractivity contribution in [2.24, 2.45) is 5.92 Å². The van der Waals surface area contributed by atoms with E-state index in [1.165, 1.54) is 14.2 Å². The third-order valence-electron chi connectivity index (χ3n) is 12.3. The number of H-pyrrole nitrogens is 2. The number of benzene rings is 4. The molecule has 8 rings (SSSR count). The standard InChI is InChI=1S/C48H54N8O7/c1-28(2)41(53-47(59)62-4)45(57)55-22-8-11-38(55)44-50-27-37(52-44)34-21-20-32-24-31(18-19-33(32)25-34)29-14-16-30(17-15-29)36-26-49-43(51-36)39-12-9-23-56(39)46(58)42(54-48(60)63-5)35-10-6-7-13-40(35)61-3/h6-7,10,13-21,24-28,38-39,41-42,46,58H,8-9,11-12,22-23H2,1-5H3,(H,49,51)(H,50,52)(H,53,59)(H,54,60). The predicted molar refractivity (Wildman–Crippen MR) is 238 cm³/mol. The van der Waals surface area contributed by atoms with Crippen molar-refractivity contribution in [3.05, 3.63) is 115 Å². The molecule has 2 aromatic heterocycles. The number of amides is 3. The van der Waals surface area contributed by atoms with Crippen LogP contribution in [0.1, 0.15) is 74.9 Å². The second kappa shape index (κ2) is 18.7. The zero-order valence-electron chi connectivity index (χ0n) is 36.1. The molecule has 328 valence electrons. The summed E-state index contributed by atoms with van der Waals surface area (Å²) in [6, 6.07) is 26.5. The molecule has 0 spiro atoms. The van der Waals surface area contributed by atoms with Gasteiger partial charge >= 0.3 is 12.2 Å². The zero-order chi connectivity index (χ0) is 44.2. The highest BCUT2D eigenvalue weighted by Crippen LogP contribution is 2.39. The molecule has 4 heterocycles. The number of nitrogens with one attached hydrogen (secondary N) is 4. The van der Waals surface area contributed by atoms with E-state index in [1.54, 1.807) is 13.2 Å². The van der Waals surface area contributed by atoms with Gasteiger partial charge in [0.1, 0.15) is 35.7 Å². The van der Waals surface area contributed by atoms with Crippen LogP contribution >= 0.6 is 0 Å². The summed E-state index contributed by atoms with van der Waals surface area (Å²) in [4.78, 5) is 58.3. The molecule has 15 nitrogen and oxygen atoms in total. The maximum Gasteiger partial charge on any atom is 0.407 e.